The smallest absolute Gasteiger partial charge is 0.171 e. The van der Waals surface area contributed by atoms with Crippen molar-refractivity contribution < 1.29 is 0 Å². The van der Waals surface area contributed by atoms with Crippen molar-refractivity contribution in [2.45, 2.75) is 31.1 Å². The third-order valence-corrected chi connectivity index (χ3v) is 17.0. The first kappa shape index (κ1) is 31.6. The highest BCUT2D eigenvalue weighted by Gasteiger charge is 2.48. The number of benzene rings is 5. The van der Waals surface area contributed by atoms with Gasteiger partial charge in [-0.15, -0.1) is 0 Å². The summed E-state index contributed by atoms with van der Waals surface area (Å²) in [6, 6.07) is 52.3. The molecule has 5 aromatic carbocycles. The van der Waals surface area contributed by atoms with Gasteiger partial charge in [0.1, 0.15) is 6.33 Å². The Labute approximate surface area is 312 Å². The number of hydrogen-bond acceptors (Lipinski definition) is 2. The highest BCUT2D eigenvalue weighted by Crippen LogP contribution is 2.56. The number of pyridine rings is 1. The number of hydrogen-bond donors (Lipinski definition) is 0. The van der Waals surface area contributed by atoms with Crippen molar-refractivity contribution in [3.05, 3.63) is 221 Å². The molecule has 0 spiro atoms. The van der Waals surface area contributed by atoms with Crippen molar-refractivity contribution in [1.29, 1.82) is 0 Å². The van der Waals surface area contributed by atoms with Gasteiger partial charge in [-0.05, 0) is 81.1 Å². The maximum Gasteiger partial charge on any atom is 0.171 e. The van der Waals surface area contributed by atoms with Crippen LogP contribution in [0.5, 0.6) is 0 Å². The van der Waals surface area contributed by atoms with Crippen molar-refractivity contribution in [3.63, 3.8) is 0 Å². The normalized spacial score (nSPS) is 15.8. The van der Waals surface area contributed by atoms with Crippen LogP contribution in [0.1, 0.15) is 47.9 Å². The minimum absolute atomic E-state index is 0.545. The molecule has 0 radical (unpaired) electrons. The molecular formula is C49H39N3Si. The van der Waals surface area contributed by atoms with Crippen LogP contribution in [-0.4, -0.2) is 22.7 Å². The predicted molar refractivity (Wildman–Crippen MR) is 220 cm³/mol. The molecule has 0 atom stereocenters. The van der Waals surface area contributed by atoms with E-state index in [1.165, 1.54) is 49.3 Å². The zero-order valence-corrected chi connectivity index (χ0v) is 30.6. The van der Waals surface area contributed by atoms with Gasteiger partial charge in [0.15, 0.2) is 13.7 Å². The average Bonchev–Trinajstić information content (AvgIpc) is 3.85. The first-order valence-corrected chi connectivity index (χ1v) is 20.8. The van der Waals surface area contributed by atoms with E-state index in [-0.39, 0.29) is 0 Å². The highest BCUT2D eigenvalue weighted by atomic mass is 28.3. The van der Waals surface area contributed by atoms with E-state index in [9.17, 15) is 0 Å². The molecule has 0 unspecified atom stereocenters. The van der Waals surface area contributed by atoms with E-state index in [0.29, 0.717) is 0 Å². The summed E-state index contributed by atoms with van der Waals surface area (Å²) in [7, 11) is -2.42. The molecule has 3 aliphatic carbocycles. The Bertz CT molecular complexity index is 2530. The van der Waals surface area contributed by atoms with Crippen molar-refractivity contribution in [2.75, 3.05) is 0 Å². The molecular weight excluding hydrogens is 659 g/mol. The summed E-state index contributed by atoms with van der Waals surface area (Å²) in [5, 5.41) is 10.7. The molecule has 3 nitrogen and oxygen atoms in total. The van der Waals surface area contributed by atoms with Crippen molar-refractivity contribution in [1.82, 2.24) is 14.6 Å². The quantitative estimate of drug-likeness (QED) is 0.155. The molecule has 0 N–H and O–H groups in total. The van der Waals surface area contributed by atoms with Gasteiger partial charge in [-0.25, -0.2) is 9.50 Å². The Morgan fingerprint density at radius 3 is 1.68 bits per heavy atom. The van der Waals surface area contributed by atoms with Crippen molar-refractivity contribution in [3.8, 4) is 22.3 Å². The van der Waals surface area contributed by atoms with Gasteiger partial charge < -0.3 is 0 Å². The Morgan fingerprint density at radius 2 is 1.08 bits per heavy atom. The second kappa shape index (κ2) is 12.8. The SMILES string of the molecule is C1=CCCC([Si](C2=CC=CCC2)(c2ccccc2)c2ccc(-c3ccc(C4(c5cccn6ncnc56)c5ccccc5-c5ccccc54)cc3)cc2)=C1. The molecule has 3 aliphatic rings. The van der Waals surface area contributed by atoms with Crippen LogP contribution in [0.2, 0.25) is 0 Å². The zero-order chi connectivity index (χ0) is 35.2. The molecule has 0 amide bonds. The van der Waals surface area contributed by atoms with Crippen molar-refractivity contribution >= 4 is 24.1 Å². The van der Waals surface area contributed by atoms with Gasteiger partial charge in [0, 0.05) is 11.8 Å². The Hall–Kier alpha value is -6.10. The van der Waals surface area contributed by atoms with E-state index in [1.807, 2.05) is 10.7 Å². The summed E-state index contributed by atoms with van der Waals surface area (Å²) in [6.07, 6.45) is 22.1. The minimum Gasteiger partial charge on any atom is -0.221 e. The summed E-state index contributed by atoms with van der Waals surface area (Å²) in [4.78, 5) is 4.80. The molecule has 0 fully saturated rings. The third kappa shape index (κ3) is 4.79. The Morgan fingerprint density at radius 1 is 0.528 bits per heavy atom. The number of allylic oxidation sites excluding steroid dienone is 8. The van der Waals surface area contributed by atoms with Gasteiger partial charge in [-0.3, -0.25) is 0 Å². The second-order valence-corrected chi connectivity index (χ2v) is 18.3. The third-order valence-electron chi connectivity index (χ3n) is 11.8. The van der Waals surface area contributed by atoms with Crippen LogP contribution >= 0.6 is 0 Å². The van der Waals surface area contributed by atoms with E-state index in [2.05, 4.69) is 181 Å². The fourth-order valence-electron chi connectivity index (χ4n) is 9.59. The monoisotopic (exact) mass is 697 g/mol. The number of fused-ring (bicyclic) bond motifs is 4. The summed E-state index contributed by atoms with van der Waals surface area (Å²) < 4.78 is 1.90. The standard InChI is InChI=1S/C49H39N3Si/c1-4-15-39(16-5-1)53(40-17-6-2-7-18-40,41-19-8-3-9-20-41)42-32-28-37(29-33-42)36-26-30-38(31-27-36)49(47-25-14-34-52-48(47)50-35-51-52)45-23-12-10-21-43(45)44-22-11-13-24-46(44)49/h1-6,8,10-17,19,21-35H,7,9,18,20H2. The predicted octanol–water partition coefficient (Wildman–Crippen LogP) is 9.95. The van der Waals surface area contributed by atoms with Crippen LogP contribution in [0.4, 0.5) is 0 Å². The maximum atomic E-state index is 4.80. The first-order chi connectivity index (χ1) is 26.3. The molecule has 10 rings (SSSR count). The molecule has 0 aliphatic heterocycles. The summed E-state index contributed by atoms with van der Waals surface area (Å²) in [5.74, 6) is 0. The zero-order valence-electron chi connectivity index (χ0n) is 29.6. The van der Waals surface area contributed by atoms with Crippen LogP contribution in [0.15, 0.2) is 199 Å². The first-order valence-electron chi connectivity index (χ1n) is 18.8. The topological polar surface area (TPSA) is 30.2 Å². The van der Waals surface area contributed by atoms with Gasteiger partial charge in [-0.1, -0.05) is 180 Å². The second-order valence-electron chi connectivity index (χ2n) is 14.4. The average molecular weight is 698 g/mol. The van der Waals surface area contributed by atoms with Gasteiger partial charge in [-0.2, -0.15) is 5.10 Å². The van der Waals surface area contributed by atoms with E-state index in [4.69, 9.17) is 4.98 Å². The van der Waals surface area contributed by atoms with Gasteiger partial charge in [0.05, 0.1) is 5.41 Å². The van der Waals surface area contributed by atoms with Gasteiger partial charge >= 0.3 is 0 Å². The van der Waals surface area contributed by atoms with E-state index in [0.717, 1.165) is 36.9 Å². The summed E-state index contributed by atoms with van der Waals surface area (Å²) >= 11 is 0. The maximum absolute atomic E-state index is 4.80. The minimum atomic E-state index is -2.42. The lowest BCUT2D eigenvalue weighted by Gasteiger charge is -2.39. The lowest BCUT2D eigenvalue weighted by Crippen LogP contribution is -2.62. The van der Waals surface area contributed by atoms with Crippen LogP contribution in [-0.2, 0) is 5.41 Å². The highest BCUT2D eigenvalue weighted by molar-refractivity contribution is 7.12. The lowest BCUT2D eigenvalue weighted by molar-refractivity contribution is 0.764. The molecule has 53 heavy (non-hydrogen) atoms. The molecule has 0 saturated carbocycles. The summed E-state index contributed by atoms with van der Waals surface area (Å²) in [5.41, 5.74) is 10.2. The molecule has 0 bridgehead atoms. The number of aromatic nitrogens is 3. The van der Waals surface area contributed by atoms with Gasteiger partial charge in [0.25, 0.3) is 0 Å². The van der Waals surface area contributed by atoms with E-state index < -0.39 is 13.5 Å². The molecule has 4 heteroatoms. The van der Waals surface area contributed by atoms with Gasteiger partial charge in [0.2, 0.25) is 0 Å². The Kier molecular flexibility index (Phi) is 7.66. The van der Waals surface area contributed by atoms with E-state index >= 15 is 0 Å². The largest absolute Gasteiger partial charge is 0.221 e. The lowest BCUT2D eigenvalue weighted by atomic mass is 9.67. The van der Waals surface area contributed by atoms with Crippen molar-refractivity contribution in [2.24, 2.45) is 0 Å². The fourth-order valence-corrected chi connectivity index (χ4v) is 14.9. The molecule has 0 saturated heterocycles. The fraction of sp³-hybridized carbons (Fsp3) is 0.102. The molecule has 2 heterocycles. The van der Waals surface area contributed by atoms with E-state index in [1.54, 1.807) is 16.7 Å². The molecule has 7 aromatic rings. The Balaban J connectivity index is 1.11. The number of rotatable bonds is 7. The summed E-state index contributed by atoms with van der Waals surface area (Å²) in [6.45, 7) is 0. The van der Waals surface area contributed by atoms with Crippen LogP contribution in [0, 0.1) is 0 Å². The van der Waals surface area contributed by atoms with Crippen LogP contribution in [0.25, 0.3) is 27.9 Å². The molecule has 254 valence electrons. The van der Waals surface area contributed by atoms with Crippen LogP contribution < -0.4 is 10.4 Å². The number of nitrogens with zero attached hydrogens (tertiary/aromatic N) is 3. The van der Waals surface area contributed by atoms with Crippen LogP contribution in [0.3, 0.4) is 0 Å². The molecule has 2 aromatic heterocycles.